The summed E-state index contributed by atoms with van der Waals surface area (Å²) >= 11 is 0. The molecule has 150 valence electrons. The predicted molar refractivity (Wildman–Crippen MR) is 116 cm³/mol. The summed E-state index contributed by atoms with van der Waals surface area (Å²) in [6, 6.07) is 11.8. The van der Waals surface area contributed by atoms with Crippen molar-refractivity contribution >= 4 is 8.32 Å². The highest BCUT2D eigenvalue weighted by atomic mass is 28.4. The van der Waals surface area contributed by atoms with Crippen LogP contribution in [0.1, 0.15) is 59.4 Å². The summed E-state index contributed by atoms with van der Waals surface area (Å²) in [5.74, 6) is 1.31. The van der Waals surface area contributed by atoms with Gasteiger partial charge in [0.2, 0.25) is 0 Å². The molecule has 0 radical (unpaired) electrons. The minimum atomic E-state index is -1.76. The first kappa shape index (κ1) is 23.4. The molecule has 3 heteroatoms. The van der Waals surface area contributed by atoms with Crippen molar-refractivity contribution in [3.8, 4) is 0 Å². The summed E-state index contributed by atoms with van der Waals surface area (Å²) in [4.78, 5) is 0. The van der Waals surface area contributed by atoms with Crippen molar-refractivity contribution in [1.29, 1.82) is 0 Å². The second kappa shape index (κ2) is 11.3. The van der Waals surface area contributed by atoms with E-state index in [1.807, 2.05) is 0 Å². The Balaban J connectivity index is 2.83. The van der Waals surface area contributed by atoms with Gasteiger partial charge in [-0.2, -0.15) is 0 Å². The van der Waals surface area contributed by atoms with E-state index in [4.69, 9.17) is 9.16 Å². The van der Waals surface area contributed by atoms with E-state index in [0.29, 0.717) is 11.8 Å². The Morgan fingerprint density at radius 3 is 2.00 bits per heavy atom. The molecule has 0 saturated carbocycles. The first-order chi connectivity index (χ1) is 12.2. The molecule has 1 aromatic carbocycles. The average molecular weight is 379 g/mol. The van der Waals surface area contributed by atoms with Crippen molar-refractivity contribution < 1.29 is 9.16 Å². The maximum absolute atomic E-state index is 6.69. The predicted octanol–water partition coefficient (Wildman–Crippen LogP) is 6.50. The van der Waals surface area contributed by atoms with E-state index in [1.54, 1.807) is 0 Å². The van der Waals surface area contributed by atoms with Crippen molar-refractivity contribution in [2.45, 2.75) is 73.0 Å². The lowest BCUT2D eigenvalue weighted by Gasteiger charge is -2.39. The van der Waals surface area contributed by atoms with E-state index >= 15 is 0 Å². The highest BCUT2D eigenvalue weighted by molar-refractivity contribution is 6.70. The number of hydrogen-bond acceptors (Lipinski definition) is 2. The molecule has 26 heavy (non-hydrogen) atoms. The lowest BCUT2D eigenvalue weighted by molar-refractivity contribution is -0.0142. The summed E-state index contributed by atoms with van der Waals surface area (Å²) < 4.78 is 12.8. The Bertz CT molecular complexity index is 472. The third kappa shape index (κ3) is 9.34. The molecule has 0 unspecified atom stereocenters. The van der Waals surface area contributed by atoms with E-state index < -0.39 is 8.32 Å². The fourth-order valence-corrected chi connectivity index (χ4v) is 6.03. The van der Waals surface area contributed by atoms with Gasteiger partial charge in [-0.1, -0.05) is 65.0 Å². The van der Waals surface area contributed by atoms with Crippen molar-refractivity contribution in [3.63, 3.8) is 0 Å². The van der Waals surface area contributed by atoms with Crippen LogP contribution in [0.5, 0.6) is 0 Å². The van der Waals surface area contributed by atoms with Gasteiger partial charge in [0.15, 0.2) is 8.32 Å². The van der Waals surface area contributed by atoms with Gasteiger partial charge in [-0.25, -0.2) is 0 Å². The summed E-state index contributed by atoms with van der Waals surface area (Å²) in [5.41, 5.74) is 1.53. The molecule has 2 nitrogen and oxygen atoms in total. The zero-order valence-electron chi connectivity index (χ0n) is 18.3. The highest BCUT2D eigenvalue weighted by Crippen LogP contribution is 2.36. The molecule has 1 aromatic rings. The number of ether oxygens (including phenoxy) is 1. The van der Waals surface area contributed by atoms with Crippen LogP contribution < -0.4 is 0 Å². The monoisotopic (exact) mass is 378 g/mol. The Labute approximate surface area is 163 Å². The van der Waals surface area contributed by atoms with Crippen molar-refractivity contribution in [1.82, 2.24) is 0 Å². The van der Waals surface area contributed by atoms with Crippen LogP contribution in [-0.4, -0.2) is 28.1 Å². The lowest BCUT2D eigenvalue weighted by atomic mass is 9.75. The summed E-state index contributed by atoms with van der Waals surface area (Å²) in [6.45, 7) is 18.7. The average Bonchev–Trinajstić information content (AvgIpc) is 2.53. The first-order valence-electron chi connectivity index (χ1n) is 10.4. The second-order valence-corrected chi connectivity index (χ2v) is 13.6. The van der Waals surface area contributed by atoms with Crippen LogP contribution in [0.15, 0.2) is 30.3 Å². The number of hydrogen-bond donors (Lipinski definition) is 0. The quantitative estimate of drug-likeness (QED) is 0.288. The summed E-state index contributed by atoms with van der Waals surface area (Å²) in [5, 5.41) is 0. The van der Waals surface area contributed by atoms with Crippen LogP contribution in [0.25, 0.3) is 0 Å². The van der Waals surface area contributed by atoms with Gasteiger partial charge in [-0.15, -0.1) is 0 Å². The first-order valence-corrected chi connectivity index (χ1v) is 13.6. The van der Waals surface area contributed by atoms with Gasteiger partial charge < -0.3 is 9.16 Å². The Morgan fingerprint density at radius 1 is 0.923 bits per heavy atom. The maximum atomic E-state index is 6.69. The normalized spacial score (nSPS) is 13.0. The van der Waals surface area contributed by atoms with Crippen LogP contribution >= 0.6 is 0 Å². The van der Waals surface area contributed by atoms with E-state index in [1.165, 1.54) is 18.4 Å². The van der Waals surface area contributed by atoms with Crippen molar-refractivity contribution in [2.24, 2.45) is 17.3 Å². The fourth-order valence-electron chi connectivity index (χ4n) is 4.01. The Kier molecular flexibility index (Phi) is 10.1. The molecular formula is C23H42O2Si. The minimum absolute atomic E-state index is 0.137. The molecule has 0 atom stereocenters. The summed E-state index contributed by atoms with van der Waals surface area (Å²) in [6.07, 6.45) is 3.42. The zero-order chi connectivity index (χ0) is 19.6. The van der Waals surface area contributed by atoms with E-state index in [-0.39, 0.29) is 5.41 Å². The Hall–Kier alpha value is -0.643. The number of rotatable bonds is 13. The molecule has 1 rings (SSSR count). The van der Waals surface area contributed by atoms with Gasteiger partial charge in [-0.3, -0.25) is 0 Å². The molecule has 0 heterocycles. The molecule has 0 aliphatic rings. The molecule has 0 saturated heterocycles. The fraction of sp³-hybridized carbons (Fsp3) is 0.739. The van der Waals surface area contributed by atoms with Crippen molar-refractivity contribution in [2.75, 3.05) is 19.8 Å². The SMILES string of the molecule is CCCOCC(CO[Si](C)(C)Cc1ccccc1)(CC(C)C)CC(C)C. The minimum Gasteiger partial charge on any atom is -0.416 e. The molecule has 0 fully saturated rings. The molecule has 0 aliphatic carbocycles. The largest absolute Gasteiger partial charge is 0.416 e. The highest BCUT2D eigenvalue weighted by Gasteiger charge is 2.35. The van der Waals surface area contributed by atoms with Crippen LogP contribution in [0.3, 0.4) is 0 Å². The number of benzene rings is 1. The third-order valence-electron chi connectivity index (χ3n) is 4.68. The van der Waals surface area contributed by atoms with Gasteiger partial charge in [-0.05, 0) is 55.8 Å². The molecule has 0 aliphatic heterocycles. The van der Waals surface area contributed by atoms with E-state index in [2.05, 4.69) is 78.0 Å². The van der Waals surface area contributed by atoms with Gasteiger partial charge in [0.1, 0.15) is 0 Å². The molecule has 0 amide bonds. The maximum Gasteiger partial charge on any atom is 0.191 e. The van der Waals surface area contributed by atoms with Gasteiger partial charge in [0, 0.05) is 18.6 Å². The van der Waals surface area contributed by atoms with E-state index in [0.717, 1.165) is 32.3 Å². The second-order valence-electron chi connectivity index (χ2n) is 9.46. The zero-order valence-corrected chi connectivity index (χ0v) is 19.3. The third-order valence-corrected chi connectivity index (χ3v) is 6.87. The van der Waals surface area contributed by atoms with Crippen molar-refractivity contribution in [3.05, 3.63) is 35.9 Å². The van der Waals surface area contributed by atoms with Crippen LogP contribution in [0, 0.1) is 17.3 Å². The van der Waals surface area contributed by atoms with Gasteiger partial charge >= 0.3 is 0 Å². The molecule has 0 N–H and O–H groups in total. The molecular weight excluding hydrogens is 336 g/mol. The Morgan fingerprint density at radius 2 is 1.50 bits per heavy atom. The molecule has 0 spiro atoms. The van der Waals surface area contributed by atoms with Gasteiger partial charge in [0.05, 0.1) is 6.61 Å². The van der Waals surface area contributed by atoms with E-state index in [9.17, 15) is 0 Å². The smallest absolute Gasteiger partial charge is 0.191 e. The topological polar surface area (TPSA) is 18.5 Å². The molecule has 0 aromatic heterocycles. The lowest BCUT2D eigenvalue weighted by Crippen LogP contribution is -2.42. The standard InChI is InChI=1S/C23H42O2Si/c1-8-14-24-18-23(15-20(2)3,16-21(4)5)19-25-26(6,7)17-22-12-10-9-11-13-22/h9-13,20-21H,8,14-19H2,1-7H3. The van der Waals surface area contributed by atoms with Gasteiger partial charge in [0.25, 0.3) is 0 Å². The summed E-state index contributed by atoms with van der Waals surface area (Å²) in [7, 11) is -1.76. The van der Waals surface area contributed by atoms with Crippen LogP contribution in [-0.2, 0) is 15.2 Å². The van der Waals surface area contributed by atoms with Crippen LogP contribution in [0.2, 0.25) is 13.1 Å². The molecule has 0 bridgehead atoms. The van der Waals surface area contributed by atoms with Crippen LogP contribution in [0.4, 0.5) is 0 Å².